The van der Waals surface area contributed by atoms with Crippen molar-refractivity contribution in [2.75, 3.05) is 6.61 Å². The minimum Gasteiger partial charge on any atom is -0.507 e. The molecular weight excluding hydrogens is 200 g/mol. The number of carboxylic acid groups (broad SMARTS) is 1. The topological polar surface area (TPSA) is 98.0 Å². The van der Waals surface area contributed by atoms with E-state index in [9.17, 15) is 15.0 Å². The van der Waals surface area contributed by atoms with Gasteiger partial charge in [-0.25, -0.2) is 4.79 Å². The molecule has 0 amide bonds. The molecule has 5 nitrogen and oxygen atoms in total. The van der Waals surface area contributed by atoms with Crippen LogP contribution in [0, 0.1) is 0 Å². The molecule has 0 saturated carbocycles. The van der Waals surface area contributed by atoms with Crippen LogP contribution < -0.4 is 0 Å². The van der Waals surface area contributed by atoms with E-state index in [4.69, 9.17) is 10.2 Å². The van der Waals surface area contributed by atoms with Gasteiger partial charge in [0.1, 0.15) is 17.1 Å². The minimum absolute atomic E-state index is 0.220. The van der Waals surface area contributed by atoms with Crippen LogP contribution in [0.25, 0.3) is 6.08 Å². The number of benzene rings is 1. The SMILES string of the molecule is O=C(O)c1cc(C=CCO)c(O)cc1O. The van der Waals surface area contributed by atoms with Gasteiger partial charge in [0, 0.05) is 11.6 Å². The first-order valence-electron chi connectivity index (χ1n) is 4.13. The Hall–Kier alpha value is -2.01. The van der Waals surface area contributed by atoms with Gasteiger partial charge in [-0.1, -0.05) is 12.2 Å². The molecule has 0 bridgehead atoms. The van der Waals surface area contributed by atoms with Gasteiger partial charge >= 0.3 is 5.97 Å². The largest absolute Gasteiger partial charge is 0.507 e. The van der Waals surface area contributed by atoms with E-state index in [0.717, 1.165) is 12.1 Å². The molecule has 0 atom stereocenters. The summed E-state index contributed by atoms with van der Waals surface area (Å²) >= 11 is 0. The van der Waals surface area contributed by atoms with Gasteiger partial charge in [0.15, 0.2) is 0 Å². The number of aliphatic hydroxyl groups is 1. The quantitative estimate of drug-likeness (QED) is 0.591. The van der Waals surface area contributed by atoms with Crippen LogP contribution in [0.5, 0.6) is 11.5 Å². The number of aromatic hydroxyl groups is 2. The summed E-state index contributed by atoms with van der Waals surface area (Å²) in [5.41, 5.74) is -0.0790. The highest BCUT2D eigenvalue weighted by molar-refractivity contribution is 5.92. The van der Waals surface area contributed by atoms with E-state index in [0.29, 0.717) is 0 Å². The average Bonchev–Trinajstić information content (AvgIpc) is 2.16. The van der Waals surface area contributed by atoms with Crippen molar-refractivity contribution >= 4 is 12.0 Å². The second kappa shape index (κ2) is 4.47. The summed E-state index contributed by atoms with van der Waals surface area (Å²) in [7, 11) is 0. The lowest BCUT2D eigenvalue weighted by molar-refractivity contribution is 0.0693. The summed E-state index contributed by atoms with van der Waals surface area (Å²) in [4.78, 5) is 10.6. The first-order chi connectivity index (χ1) is 7.06. The Bertz CT molecular complexity index is 409. The lowest BCUT2D eigenvalue weighted by Gasteiger charge is -2.03. The fourth-order valence-corrected chi connectivity index (χ4v) is 1.08. The first kappa shape index (κ1) is 11.1. The number of phenols is 2. The summed E-state index contributed by atoms with van der Waals surface area (Å²) in [6.45, 7) is -0.220. The van der Waals surface area contributed by atoms with E-state index in [2.05, 4.69) is 0 Å². The molecule has 0 aliphatic rings. The molecule has 1 aromatic rings. The molecule has 4 N–H and O–H groups in total. The van der Waals surface area contributed by atoms with Crippen LogP contribution in [0.15, 0.2) is 18.2 Å². The van der Waals surface area contributed by atoms with Crippen molar-refractivity contribution in [1.29, 1.82) is 0 Å². The normalized spacial score (nSPS) is 10.7. The molecule has 0 radical (unpaired) electrons. The van der Waals surface area contributed by atoms with Crippen LogP contribution in [-0.2, 0) is 0 Å². The Labute approximate surface area is 85.5 Å². The van der Waals surface area contributed by atoms with Crippen LogP contribution in [0.1, 0.15) is 15.9 Å². The maximum absolute atomic E-state index is 10.6. The van der Waals surface area contributed by atoms with Crippen molar-refractivity contribution in [2.45, 2.75) is 0 Å². The molecule has 1 rings (SSSR count). The standard InChI is InChI=1S/C10H10O5/c11-3-1-2-6-4-7(10(14)15)9(13)5-8(6)12/h1-2,4-5,11-13H,3H2,(H,14,15). The molecule has 0 heterocycles. The summed E-state index contributed by atoms with van der Waals surface area (Å²) < 4.78 is 0. The molecule has 80 valence electrons. The third-order valence-corrected chi connectivity index (χ3v) is 1.78. The molecular formula is C10H10O5. The third kappa shape index (κ3) is 2.47. The maximum Gasteiger partial charge on any atom is 0.339 e. The first-order valence-corrected chi connectivity index (χ1v) is 4.13. The molecule has 0 fully saturated rings. The smallest absolute Gasteiger partial charge is 0.339 e. The van der Waals surface area contributed by atoms with Gasteiger partial charge in [-0.05, 0) is 6.07 Å². The average molecular weight is 210 g/mol. The number of rotatable bonds is 3. The van der Waals surface area contributed by atoms with Crippen LogP contribution >= 0.6 is 0 Å². The Morgan fingerprint density at radius 2 is 1.93 bits per heavy atom. The number of aliphatic hydroxyl groups excluding tert-OH is 1. The number of carboxylic acids is 1. The maximum atomic E-state index is 10.6. The minimum atomic E-state index is -1.29. The van der Waals surface area contributed by atoms with Gasteiger partial charge in [-0.2, -0.15) is 0 Å². The molecule has 0 unspecified atom stereocenters. The van der Waals surface area contributed by atoms with Gasteiger partial charge in [-0.15, -0.1) is 0 Å². The molecule has 15 heavy (non-hydrogen) atoms. The lowest BCUT2D eigenvalue weighted by atomic mass is 10.1. The summed E-state index contributed by atoms with van der Waals surface area (Å²) in [6.07, 6.45) is 2.71. The zero-order valence-corrected chi connectivity index (χ0v) is 7.71. The van der Waals surface area contributed by atoms with Crippen LogP contribution in [0.2, 0.25) is 0 Å². The molecule has 0 saturated heterocycles. The summed E-state index contributed by atoms with van der Waals surface area (Å²) in [5.74, 6) is -2.03. The van der Waals surface area contributed by atoms with Crippen molar-refractivity contribution in [3.8, 4) is 11.5 Å². The van der Waals surface area contributed by atoms with Crippen molar-refractivity contribution in [1.82, 2.24) is 0 Å². The number of hydrogen-bond donors (Lipinski definition) is 4. The second-order valence-corrected chi connectivity index (χ2v) is 2.82. The van der Waals surface area contributed by atoms with Gasteiger partial charge in [0.05, 0.1) is 6.61 Å². The molecule has 0 aromatic heterocycles. The molecule has 5 heteroatoms. The van der Waals surface area contributed by atoms with Crippen LogP contribution in [-0.4, -0.2) is 33.0 Å². The van der Waals surface area contributed by atoms with E-state index in [1.807, 2.05) is 0 Å². The van der Waals surface area contributed by atoms with Crippen molar-refractivity contribution in [2.24, 2.45) is 0 Å². The zero-order chi connectivity index (χ0) is 11.4. The van der Waals surface area contributed by atoms with E-state index in [1.54, 1.807) is 0 Å². The number of phenolic OH excluding ortho intramolecular Hbond substituents is 1. The highest BCUT2D eigenvalue weighted by atomic mass is 16.4. The van der Waals surface area contributed by atoms with Crippen LogP contribution in [0.4, 0.5) is 0 Å². The van der Waals surface area contributed by atoms with Gasteiger partial charge < -0.3 is 20.4 Å². The molecule has 0 spiro atoms. The second-order valence-electron chi connectivity index (χ2n) is 2.82. The van der Waals surface area contributed by atoms with E-state index in [1.165, 1.54) is 12.2 Å². The molecule has 1 aromatic carbocycles. The predicted molar refractivity (Wildman–Crippen MR) is 52.9 cm³/mol. The number of aromatic carboxylic acids is 1. The Balaban J connectivity index is 3.23. The van der Waals surface area contributed by atoms with E-state index >= 15 is 0 Å². The highest BCUT2D eigenvalue weighted by Gasteiger charge is 2.12. The van der Waals surface area contributed by atoms with Crippen molar-refractivity contribution in [3.63, 3.8) is 0 Å². The van der Waals surface area contributed by atoms with Crippen molar-refractivity contribution in [3.05, 3.63) is 29.3 Å². The monoisotopic (exact) mass is 210 g/mol. The van der Waals surface area contributed by atoms with E-state index in [-0.39, 0.29) is 23.5 Å². The summed E-state index contributed by atoms with van der Waals surface area (Å²) in [5, 5.41) is 35.7. The van der Waals surface area contributed by atoms with E-state index < -0.39 is 11.7 Å². The lowest BCUT2D eigenvalue weighted by Crippen LogP contribution is -1.97. The Morgan fingerprint density at radius 1 is 1.27 bits per heavy atom. The fourth-order valence-electron chi connectivity index (χ4n) is 1.08. The molecule has 0 aliphatic heterocycles. The van der Waals surface area contributed by atoms with Gasteiger partial charge in [0.25, 0.3) is 0 Å². The fraction of sp³-hybridized carbons (Fsp3) is 0.100. The van der Waals surface area contributed by atoms with Crippen LogP contribution in [0.3, 0.4) is 0 Å². The zero-order valence-electron chi connectivity index (χ0n) is 7.71. The number of hydrogen-bond acceptors (Lipinski definition) is 4. The Morgan fingerprint density at radius 3 is 2.47 bits per heavy atom. The van der Waals surface area contributed by atoms with Gasteiger partial charge in [0.2, 0.25) is 0 Å². The van der Waals surface area contributed by atoms with Gasteiger partial charge in [-0.3, -0.25) is 0 Å². The summed E-state index contributed by atoms with van der Waals surface area (Å²) in [6, 6.07) is 2.07. The number of carbonyl (C=O) groups is 1. The predicted octanol–water partition coefficient (Wildman–Crippen LogP) is 0.801. The third-order valence-electron chi connectivity index (χ3n) is 1.78. The molecule has 0 aliphatic carbocycles. The van der Waals surface area contributed by atoms with Crippen molar-refractivity contribution < 1.29 is 25.2 Å². The Kier molecular flexibility index (Phi) is 3.30. The highest BCUT2D eigenvalue weighted by Crippen LogP contribution is 2.28.